The van der Waals surface area contributed by atoms with Gasteiger partial charge in [0.15, 0.2) is 0 Å². The zero-order valence-corrected chi connectivity index (χ0v) is 14.4. The number of likely N-dealkylation sites (tertiary alicyclic amines) is 1. The third kappa shape index (κ3) is 4.07. The zero-order valence-electron chi connectivity index (χ0n) is 14.4. The van der Waals surface area contributed by atoms with E-state index in [2.05, 4.69) is 43.0 Å². The number of piperidine rings is 1. The Kier molecular flexibility index (Phi) is 5.82. The molecule has 1 N–H and O–H groups in total. The third-order valence-corrected chi connectivity index (χ3v) is 5.01. The van der Waals surface area contributed by atoms with Crippen LogP contribution in [0.1, 0.15) is 62.5 Å². The van der Waals surface area contributed by atoms with Crippen LogP contribution in [0.2, 0.25) is 0 Å². The minimum Gasteiger partial charge on any atom is -0.310 e. The fourth-order valence-corrected chi connectivity index (χ4v) is 3.61. The van der Waals surface area contributed by atoms with Crippen LogP contribution in [0.25, 0.3) is 0 Å². The van der Waals surface area contributed by atoms with E-state index in [9.17, 15) is 0 Å². The smallest absolute Gasteiger partial charge is 0.0644 e. The molecule has 1 aliphatic rings. The minimum absolute atomic E-state index is 0.387. The van der Waals surface area contributed by atoms with Crippen molar-refractivity contribution in [1.29, 1.82) is 0 Å². The van der Waals surface area contributed by atoms with E-state index in [1.165, 1.54) is 50.0 Å². The quantitative estimate of drug-likeness (QED) is 0.818. The van der Waals surface area contributed by atoms with Gasteiger partial charge in [0.1, 0.15) is 0 Å². The van der Waals surface area contributed by atoms with Crippen LogP contribution in [0, 0.1) is 13.8 Å². The van der Waals surface area contributed by atoms with Crippen LogP contribution in [0.15, 0.2) is 0 Å². The number of rotatable bonds is 6. The summed E-state index contributed by atoms with van der Waals surface area (Å²) in [5.74, 6) is 0. The lowest BCUT2D eigenvalue weighted by Crippen LogP contribution is -2.39. The molecule has 1 saturated heterocycles. The normalized spacial score (nSPS) is 21.7. The summed E-state index contributed by atoms with van der Waals surface area (Å²) in [6.07, 6.45) is 5.39. The highest BCUT2D eigenvalue weighted by atomic mass is 15.3. The van der Waals surface area contributed by atoms with Crippen LogP contribution >= 0.6 is 0 Å². The first-order chi connectivity index (χ1) is 10.0. The SMILES string of the molecule is Cc1nn(C)c(C)c1C(C)NCCCN1CCCCC1C. The van der Waals surface area contributed by atoms with Crippen molar-refractivity contribution in [2.75, 3.05) is 19.6 Å². The number of aryl methyl sites for hydroxylation is 2. The Bertz CT molecular complexity index is 452. The summed E-state index contributed by atoms with van der Waals surface area (Å²) in [7, 11) is 2.02. The van der Waals surface area contributed by atoms with Crippen LogP contribution in [0.4, 0.5) is 0 Å². The van der Waals surface area contributed by atoms with Crippen molar-refractivity contribution in [2.24, 2.45) is 7.05 Å². The predicted molar refractivity (Wildman–Crippen MR) is 88.6 cm³/mol. The maximum absolute atomic E-state index is 4.51. The van der Waals surface area contributed by atoms with Crippen molar-refractivity contribution in [3.63, 3.8) is 0 Å². The standard InChI is InChI=1S/C17H32N4/c1-13-9-6-7-11-21(13)12-8-10-18-14(2)17-15(3)19-20(5)16(17)4/h13-14,18H,6-12H2,1-5H3. The average molecular weight is 292 g/mol. The molecule has 1 aliphatic heterocycles. The summed E-state index contributed by atoms with van der Waals surface area (Å²) >= 11 is 0. The van der Waals surface area contributed by atoms with Gasteiger partial charge in [-0.3, -0.25) is 4.68 Å². The van der Waals surface area contributed by atoms with E-state index in [4.69, 9.17) is 0 Å². The molecule has 2 unspecified atom stereocenters. The highest BCUT2D eigenvalue weighted by molar-refractivity contribution is 5.27. The molecule has 2 rings (SSSR count). The fraction of sp³-hybridized carbons (Fsp3) is 0.824. The molecule has 0 spiro atoms. The number of nitrogens with zero attached hydrogens (tertiary/aromatic N) is 3. The Balaban J connectivity index is 1.75. The average Bonchev–Trinajstić information content (AvgIpc) is 2.70. The number of hydrogen-bond donors (Lipinski definition) is 1. The molecule has 0 aromatic carbocycles. The van der Waals surface area contributed by atoms with E-state index in [1.807, 2.05) is 11.7 Å². The largest absolute Gasteiger partial charge is 0.310 e. The molecular formula is C17H32N4. The molecule has 0 amide bonds. The van der Waals surface area contributed by atoms with Gasteiger partial charge in [0.2, 0.25) is 0 Å². The number of nitrogens with one attached hydrogen (secondary N) is 1. The molecule has 0 saturated carbocycles. The van der Waals surface area contributed by atoms with Gasteiger partial charge < -0.3 is 10.2 Å². The van der Waals surface area contributed by atoms with E-state index in [0.29, 0.717) is 6.04 Å². The zero-order chi connectivity index (χ0) is 15.4. The van der Waals surface area contributed by atoms with Crippen LogP contribution < -0.4 is 5.32 Å². The third-order valence-electron chi connectivity index (χ3n) is 5.01. The molecule has 1 aromatic heterocycles. The van der Waals surface area contributed by atoms with Gasteiger partial charge in [-0.1, -0.05) is 6.42 Å². The summed E-state index contributed by atoms with van der Waals surface area (Å²) in [6, 6.07) is 1.16. The monoisotopic (exact) mass is 292 g/mol. The molecule has 2 heterocycles. The van der Waals surface area contributed by atoms with Gasteiger partial charge in [0, 0.05) is 30.4 Å². The second-order valence-corrected chi connectivity index (χ2v) is 6.62. The highest BCUT2D eigenvalue weighted by Crippen LogP contribution is 2.20. The summed E-state index contributed by atoms with van der Waals surface area (Å²) in [6.45, 7) is 12.5. The molecule has 1 fully saturated rings. The Morgan fingerprint density at radius 1 is 1.33 bits per heavy atom. The molecule has 1 aromatic rings. The Morgan fingerprint density at radius 3 is 2.71 bits per heavy atom. The van der Waals surface area contributed by atoms with Crippen molar-refractivity contribution >= 4 is 0 Å². The summed E-state index contributed by atoms with van der Waals surface area (Å²) in [4.78, 5) is 2.65. The number of aromatic nitrogens is 2. The van der Waals surface area contributed by atoms with Gasteiger partial charge in [-0.2, -0.15) is 5.10 Å². The van der Waals surface area contributed by atoms with E-state index in [1.54, 1.807) is 0 Å². The van der Waals surface area contributed by atoms with Crippen molar-refractivity contribution in [3.05, 3.63) is 17.0 Å². The molecule has 2 atom stereocenters. The van der Waals surface area contributed by atoms with E-state index in [0.717, 1.165) is 18.3 Å². The maximum Gasteiger partial charge on any atom is 0.0644 e. The first kappa shape index (κ1) is 16.5. The Labute approximate surface area is 129 Å². The Hall–Kier alpha value is -0.870. The Morgan fingerprint density at radius 2 is 2.10 bits per heavy atom. The number of hydrogen-bond acceptors (Lipinski definition) is 3. The van der Waals surface area contributed by atoms with Gasteiger partial charge in [0.05, 0.1) is 5.69 Å². The van der Waals surface area contributed by atoms with Gasteiger partial charge >= 0.3 is 0 Å². The van der Waals surface area contributed by atoms with Crippen molar-refractivity contribution in [3.8, 4) is 0 Å². The van der Waals surface area contributed by atoms with Gasteiger partial charge in [-0.15, -0.1) is 0 Å². The van der Waals surface area contributed by atoms with Crippen molar-refractivity contribution < 1.29 is 0 Å². The molecular weight excluding hydrogens is 260 g/mol. The van der Waals surface area contributed by atoms with Crippen LogP contribution in [-0.4, -0.2) is 40.4 Å². The van der Waals surface area contributed by atoms with Gasteiger partial charge in [0.25, 0.3) is 0 Å². The first-order valence-corrected chi connectivity index (χ1v) is 8.48. The van der Waals surface area contributed by atoms with Crippen LogP contribution in [0.3, 0.4) is 0 Å². The van der Waals surface area contributed by atoms with Gasteiger partial charge in [-0.05, 0) is 66.6 Å². The second-order valence-electron chi connectivity index (χ2n) is 6.62. The van der Waals surface area contributed by atoms with Crippen LogP contribution in [0.5, 0.6) is 0 Å². The maximum atomic E-state index is 4.51. The topological polar surface area (TPSA) is 33.1 Å². The summed E-state index contributed by atoms with van der Waals surface area (Å²) in [5, 5.41) is 8.18. The van der Waals surface area contributed by atoms with Crippen molar-refractivity contribution in [1.82, 2.24) is 20.0 Å². The minimum atomic E-state index is 0.387. The summed E-state index contributed by atoms with van der Waals surface area (Å²) < 4.78 is 1.98. The molecule has 0 aliphatic carbocycles. The van der Waals surface area contributed by atoms with E-state index >= 15 is 0 Å². The summed E-state index contributed by atoms with van der Waals surface area (Å²) in [5.41, 5.74) is 3.79. The molecule has 21 heavy (non-hydrogen) atoms. The second kappa shape index (κ2) is 7.41. The van der Waals surface area contributed by atoms with E-state index in [-0.39, 0.29) is 0 Å². The highest BCUT2D eigenvalue weighted by Gasteiger charge is 2.18. The lowest BCUT2D eigenvalue weighted by atomic mass is 10.0. The van der Waals surface area contributed by atoms with Crippen molar-refractivity contribution in [2.45, 2.75) is 65.5 Å². The fourth-order valence-electron chi connectivity index (χ4n) is 3.61. The lowest BCUT2D eigenvalue weighted by molar-refractivity contribution is 0.158. The predicted octanol–water partition coefficient (Wildman–Crippen LogP) is 2.95. The van der Waals surface area contributed by atoms with Gasteiger partial charge in [-0.25, -0.2) is 0 Å². The lowest BCUT2D eigenvalue weighted by Gasteiger charge is -2.33. The molecule has 0 bridgehead atoms. The molecule has 0 radical (unpaired) electrons. The molecule has 4 heteroatoms. The first-order valence-electron chi connectivity index (χ1n) is 8.48. The molecule has 4 nitrogen and oxygen atoms in total. The van der Waals surface area contributed by atoms with Crippen LogP contribution in [-0.2, 0) is 7.05 Å². The van der Waals surface area contributed by atoms with E-state index < -0.39 is 0 Å². The molecule has 120 valence electrons.